The summed E-state index contributed by atoms with van der Waals surface area (Å²) in [6.45, 7) is 1.74. The quantitative estimate of drug-likeness (QED) is 0.714. The standard InChI is InChI=1S/C16H14Cl2N4O2S/c1-11(12-5-7-13(8-6-12)22-10-19-9-20-22)21-25(23,24)16-14(17)3-2-4-15(16)18/h2-11,21H,1H3. The maximum atomic E-state index is 12.6. The fraction of sp³-hybridized carbons (Fsp3) is 0.125. The van der Waals surface area contributed by atoms with Gasteiger partial charge in [-0.25, -0.2) is 22.8 Å². The first kappa shape index (κ1) is 17.9. The van der Waals surface area contributed by atoms with Gasteiger partial charge in [0.1, 0.15) is 17.6 Å². The van der Waals surface area contributed by atoms with E-state index in [2.05, 4.69) is 14.8 Å². The van der Waals surface area contributed by atoms with Crippen molar-refractivity contribution in [1.29, 1.82) is 0 Å². The summed E-state index contributed by atoms with van der Waals surface area (Å²) < 4.78 is 29.4. The molecule has 1 N–H and O–H groups in total. The van der Waals surface area contributed by atoms with E-state index in [-0.39, 0.29) is 14.9 Å². The van der Waals surface area contributed by atoms with Crippen LogP contribution in [0.25, 0.3) is 5.69 Å². The predicted octanol–water partition coefficient (Wildman–Crippen LogP) is 3.61. The van der Waals surface area contributed by atoms with Crippen LogP contribution in [0.3, 0.4) is 0 Å². The zero-order valence-electron chi connectivity index (χ0n) is 13.1. The molecular weight excluding hydrogens is 383 g/mol. The Morgan fingerprint density at radius 1 is 1.08 bits per heavy atom. The number of nitrogens with one attached hydrogen (secondary N) is 1. The van der Waals surface area contributed by atoms with Gasteiger partial charge in [-0.3, -0.25) is 0 Å². The van der Waals surface area contributed by atoms with E-state index >= 15 is 0 Å². The molecule has 0 aliphatic carbocycles. The lowest BCUT2D eigenvalue weighted by Crippen LogP contribution is -2.27. The fourth-order valence-electron chi connectivity index (χ4n) is 2.36. The van der Waals surface area contributed by atoms with Crippen molar-refractivity contribution in [3.63, 3.8) is 0 Å². The maximum Gasteiger partial charge on any atom is 0.244 e. The van der Waals surface area contributed by atoms with E-state index in [0.717, 1.165) is 11.3 Å². The highest BCUT2D eigenvalue weighted by atomic mass is 35.5. The molecule has 1 unspecified atom stereocenters. The van der Waals surface area contributed by atoms with Crippen LogP contribution in [-0.2, 0) is 10.0 Å². The van der Waals surface area contributed by atoms with Crippen molar-refractivity contribution in [2.45, 2.75) is 17.9 Å². The molecule has 1 aromatic heterocycles. The molecule has 0 aliphatic rings. The van der Waals surface area contributed by atoms with Crippen molar-refractivity contribution in [2.75, 3.05) is 0 Å². The maximum absolute atomic E-state index is 12.6. The Balaban J connectivity index is 1.83. The zero-order valence-corrected chi connectivity index (χ0v) is 15.4. The summed E-state index contributed by atoms with van der Waals surface area (Å²) in [5.41, 5.74) is 1.61. The minimum atomic E-state index is -3.86. The molecule has 0 amide bonds. The van der Waals surface area contributed by atoms with Gasteiger partial charge in [-0.1, -0.05) is 41.4 Å². The topological polar surface area (TPSA) is 76.9 Å². The van der Waals surface area contributed by atoms with Crippen LogP contribution in [-0.4, -0.2) is 23.2 Å². The SMILES string of the molecule is CC(NS(=O)(=O)c1c(Cl)cccc1Cl)c1ccc(-n2cncn2)cc1. The van der Waals surface area contributed by atoms with Gasteiger partial charge in [0.15, 0.2) is 0 Å². The van der Waals surface area contributed by atoms with E-state index < -0.39 is 16.1 Å². The molecule has 3 aromatic rings. The molecular formula is C16H14Cl2N4O2S. The first-order chi connectivity index (χ1) is 11.9. The van der Waals surface area contributed by atoms with Crippen LogP contribution in [0.2, 0.25) is 10.0 Å². The van der Waals surface area contributed by atoms with Gasteiger partial charge in [0.25, 0.3) is 0 Å². The average Bonchev–Trinajstić information content (AvgIpc) is 3.08. The summed E-state index contributed by atoms with van der Waals surface area (Å²) in [6, 6.07) is 11.4. The number of nitrogens with zero attached hydrogens (tertiary/aromatic N) is 3. The van der Waals surface area contributed by atoms with Gasteiger partial charge >= 0.3 is 0 Å². The average molecular weight is 397 g/mol. The van der Waals surface area contributed by atoms with Crippen molar-refractivity contribution < 1.29 is 8.42 Å². The Bertz CT molecular complexity index is 954. The van der Waals surface area contributed by atoms with E-state index in [4.69, 9.17) is 23.2 Å². The smallest absolute Gasteiger partial charge is 0.223 e. The molecule has 0 fully saturated rings. The second kappa shape index (κ2) is 7.13. The first-order valence-corrected chi connectivity index (χ1v) is 9.54. The summed E-state index contributed by atoms with van der Waals surface area (Å²) in [4.78, 5) is 3.77. The van der Waals surface area contributed by atoms with E-state index in [1.807, 2.05) is 24.3 Å². The minimum Gasteiger partial charge on any atom is -0.223 e. The highest BCUT2D eigenvalue weighted by Gasteiger charge is 2.24. The summed E-state index contributed by atoms with van der Waals surface area (Å²) in [5, 5.41) is 4.20. The van der Waals surface area contributed by atoms with E-state index in [1.165, 1.54) is 18.5 Å². The van der Waals surface area contributed by atoms with Crippen molar-refractivity contribution in [3.05, 3.63) is 70.7 Å². The molecule has 3 rings (SSSR count). The number of sulfonamides is 1. The summed E-state index contributed by atoms with van der Waals surface area (Å²) >= 11 is 12.0. The third-order valence-electron chi connectivity index (χ3n) is 3.60. The molecule has 0 saturated carbocycles. The molecule has 0 bridgehead atoms. The van der Waals surface area contributed by atoms with Gasteiger partial charge in [0, 0.05) is 6.04 Å². The Morgan fingerprint density at radius 3 is 2.28 bits per heavy atom. The molecule has 130 valence electrons. The van der Waals surface area contributed by atoms with Crippen LogP contribution in [0.1, 0.15) is 18.5 Å². The minimum absolute atomic E-state index is 0.0775. The van der Waals surface area contributed by atoms with Crippen LogP contribution in [0.15, 0.2) is 60.0 Å². The fourth-order valence-corrected chi connectivity index (χ4v) is 4.73. The number of benzene rings is 2. The predicted molar refractivity (Wildman–Crippen MR) is 96.6 cm³/mol. The van der Waals surface area contributed by atoms with Crippen LogP contribution >= 0.6 is 23.2 Å². The lowest BCUT2D eigenvalue weighted by Gasteiger charge is -2.16. The van der Waals surface area contributed by atoms with Gasteiger partial charge in [0.2, 0.25) is 10.0 Å². The number of halogens is 2. The Kier molecular flexibility index (Phi) is 5.10. The summed E-state index contributed by atoms with van der Waals surface area (Å²) in [7, 11) is -3.86. The third kappa shape index (κ3) is 3.85. The third-order valence-corrected chi connectivity index (χ3v) is 6.09. The normalized spacial score (nSPS) is 12.9. The van der Waals surface area contributed by atoms with Crippen molar-refractivity contribution in [2.24, 2.45) is 0 Å². The number of hydrogen-bond donors (Lipinski definition) is 1. The molecule has 1 atom stereocenters. The largest absolute Gasteiger partial charge is 0.244 e. The molecule has 2 aromatic carbocycles. The van der Waals surface area contributed by atoms with Crippen LogP contribution < -0.4 is 4.72 Å². The molecule has 6 nitrogen and oxygen atoms in total. The lowest BCUT2D eigenvalue weighted by atomic mass is 10.1. The molecule has 0 spiro atoms. The van der Waals surface area contributed by atoms with Crippen LogP contribution in [0.4, 0.5) is 0 Å². The second-order valence-corrected chi connectivity index (χ2v) is 7.79. The van der Waals surface area contributed by atoms with Crippen molar-refractivity contribution in [3.8, 4) is 5.69 Å². The lowest BCUT2D eigenvalue weighted by molar-refractivity contribution is 0.567. The second-order valence-electron chi connectivity index (χ2n) is 5.33. The van der Waals surface area contributed by atoms with E-state index in [1.54, 1.807) is 24.0 Å². The number of rotatable bonds is 5. The molecule has 25 heavy (non-hydrogen) atoms. The van der Waals surface area contributed by atoms with Gasteiger partial charge in [-0.15, -0.1) is 0 Å². The van der Waals surface area contributed by atoms with Crippen molar-refractivity contribution in [1.82, 2.24) is 19.5 Å². The van der Waals surface area contributed by atoms with Gasteiger partial charge in [-0.2, -0.15) is 5.10 Å². The Morgan fingerprint density at radius 2 is 1.72 bits per heavy atom. The number of aromatic nitrogens is 3. The van der Waals surface area contributed by atoms with Crippen LogP contribution in [0, 0.1) is 0 Å². The van der Waals surface area contributed by atoms with E-state index in [9.17, 15) is 8.42 Å². The Hall–Kier alpha value is -1.93. The van der Waals surface area contributed by atoms with Crippen molar-refractivity contribution >= 4 is 33.2 Å². The molecule has 9 heteroatoms. The molecule has 0 saturated heterocycles. The highest BCUT2D eigenvalue weighted by Crippen LogP contribution is 2.30. The van der Waals surface area contributed by atoms with Crippen LogP contribution in [0.5, 0.6) is 0 Å². The van der Waals surface area contributed by atoms with Gasteiger partial charge in [-0.05, 0) is 36.8 Å². The Labute approximate surface area is 155 Å². The molecule has 0 radical (unpaired) electrons. The summed E-state index contributed by atoms with van der Waals surface area (Å²) in [6.07, 6.45) is 3.03. The zero-order chi connectivity index (χ0) is 18.0. The number of hydrogen-bond acceptors (Lipinski definition) is 4. The highest BCUT2D eigenvalue weighted by molar-refractivity contribution is 7.89. The van der Waals surface area contributed by atoms with Gasteiger partial charge in [0.05, 0.1) is 15.7 Å². The van der Waals surface area contributed by atoms with E-state index in [0.29, 0.717) is 0 Å². The monoisotopic (exact) mass is 396 g/mol. The molecule has 1 heterocycles. The van der Waals surface area contributed by atoms with Gasteiger partial charge < -0.3 is 0 Å². The summed E-state index contributed by atoms with van der Waals surface area (Å²) in [5.74, 6) is 0. The first-order valence-electron chi connectivity index (χ1n) is 7.30. The molecule has 0 aliphatic heterocycles.